The topological polar surface area (TPSA) is 98.7 Å². The molecule has 0 heterocycles. The summed E-state index contributed by atoms with van der Waals surface area (Å²) in [6.45, 7) is -0.0279. The summed E-state index contributed by atoms with van der Waals surface area (Å²) in [5.74, 6) is -1.24. The number of benzene rings is 4. The van der Waals surface area contributed by atoms with E-state index in [-0.39, 0.29) is 19.5 Å². The standard InChI is InChI=1S/C33H34F3N3O4S2/c1-45(42,43)39(28-18-9-4-10-19-28)32(44-38-31(41)26-15-7-3-8-16-26)29(21-24-12-5-2-6-13-24)30(40)23-37-22-25-14-11-17-27(20-25)33(34,35)36/h2-20,29-30,32,37,40H,21-23H2,1H3,(H,38,41)/t29-,30-,32?/m0/s1. The normalized spacial score (nSPS) is 13.9. The fraction of sp³-hybridized carbons (Fsp3) is 0.242. The molecule has 0 saturated carbocycles. The molecule has 3 N–H and O–H groups in total. The van der Waals surface area contributed by atoms with E-state index in [0.29, 0.717) is 16.8 Å². The van der Waals surface area contributed by atoms with E-state index in [4.69, 9.17) is 0 Å². The van der Waals surface area contributed by atoms with Crippen LogP contribution >= 0.6 is 11.9 Å². The zero-order valence-corrected chi connectivity index (χ0v) is 26.0. The van der Waals surface area contributed by atoms with Crippen molar-refractivity contribution < 1.29 is 31.5 Å². The molecule has 238 valence electrons. The highest BCUT2D eigenvalue weighted by Gasteiger charge is 2.39. The van der Waals surface area contributed by atoms with Gasteiger partial charge in [-0.15, -0.1) is 0 Å². The van der Waals surface area contributed by atoms with Gasteiger partial charge in [-0.2, -0.15) is 13.2 Å². The molecule has 0 aliphatic heterocycles. The molecule has 4 rings (SSSR count). The molecule has 45 heavy (non-hydrogen) atoms. The molecule has 1 unspecified atom stereocenters. The van der Waals surface area contributed by atoms with Crippen molar-refractivity contribution in [1.82, 2.24) is 10.0 Å². The Morgan fingerprint density at radius 2 is 1.44 bits per heavy atom. The van der Waals surface area contributed by atoms with Gasteiger partial charge in [0.1, 0.15) is 5.37 Å². The van der Waals surface area contributed by atoms with Gasteiger partial charge in [0.15, 0.2) is 0 Å². The van der Waals surface area contributed by atoms with Gasteiger partial charge in [-0.05, 0) is 59.8 Å². The van der Waals surface area contributed by atoms with Crippen LogP contribution < -0.4 is 14.3 Å². The molecule has 7 nitrogen and oxygen atoms in total. The number of aliphatic hydroxyl groups excluding tert-OH is 1. The number of carbonyl (C=O) groups is 1. The maximum absolute atomic E-state index is 13.4. The number of alkyl halides is 3. The first-order valence-electron chi connectivity index (χ1n) is 14.1. The number of amides is 1. The van der Waals surface area contributed by atoms with Gasteiger partial charge in [-0.1, -0.05) is 84.9 Å². The highest BCUT2D eigenvalue weighted by molar-refractivity contribution is 8.00. The number of sulfonamides is 1. The molecule has 0 aliphatic rings. The van der Waals surface area contributed by atoms with Gasteiger partial charge in [0, 0.05) is 24.6 Å². The van der Waals surface area contributed by atoms with E-state index >= 15 is 0 Å². The molecule has 0 radical (unpaired) electrons. The molecular weight excluding hydrogens is 624 g/mol. The number of anilines is 1. The molecule has 0 saturated heterocycles. The molecule has 0 fully saturated rings. The number of hydrogen-bond donors (Lipinski definition) is 3. The zero-order valence-electron chi connectivity index (χ0n) is 24.4. The highest BCUT2D eigenvalue weighted by Crippen LogP contribution is 2.34. The number of halogens is 3. The number of carbonyl (C=O) groups excluding carboxylic acids is 1. The van der Waals surface area contributed by atoms with Gasteiger partial charge in [-0.25, -0.2) is 8.42 Å². The number of nitrogens with zero attached hydrogens (tertiary/aromatic N) is 1. The maximum Gasteiger partial charge on any atom is 0.416 e. The molecule has 0 spiro atoms. The monoisotopic (exact) mass is 657 g/mol. The Morgan fingerprint density at radius 1 is 0.867 bits per heavy atom. The van der Waals surface area contributed by atoms with Gasteiger partial charge >= 0.3 is 6.18 Å². The van der Waals surface area contributed by atoms with Crippen molar-refractivity contribution in [3.63, 3.8) is 0 Å². The number of aliphatic hydroxyl groups is 1. The van der Waals surface area contributed by atoms with Crippen LogP contribution in [0.25, 0.3) is 0 Å². The number of hydrogen-bond acceptors (Lipinski definition) is 6. The Balaban J connectivity index is 1.67. The summed E-state index contributed by atoms with van der Waals surface area (Å²) in [6.07, 6.45) is -4.39. The largest absolute Gasteiger partial charge is 0.416 e. The van der Waals surface area contributed by atoms with E-state index in [0.717, 1.165) is 35.9 Å². The second kappa shape index (κ2) is 15.4. The van der Waals surface area contributed by atoms with Crippen LogP contribution in [0.3, 0.4) is 0 Å². The summed E-state index contributed by atoms with van der Waals surface area (Å²) in [5.41, 5.74) is 1.13. The van der Waals surface area contributed by atoms with E-state index in [1.165, 1.54) is 10.4 Å². The molecule has 3 atom stereocenters. The average Bonchev–Trinajstić information content (AvgIpc) is 3.02. The van der Waals surface area contributed by atoms with Crippen molar-refractivity contribution in [2.45, 2.75) is 30.6 Å². The van der Waals surface area contributed by atoms with Crippen molar-refractivity contribution in [3.05, 3.63) is 138 Å². The Labute approximate surface area is 265 Å². The van der Waals surface area contributed by atoms with Crippen LogP contribution in [0.2, 0.25) is 0 Å². The SMILES string of the molecule is CS(=O)(=O)N(c1ccccc1)C(SNC(=O)c1ccccc1)[C@@H](Cc1ccccc1)[C@@H](O)CNCc1cccc(C(F)(F)F)c1. The molecule has 4 aromatic rings. The van der Waals surface area contributed by atoms with Crippen LogP contribution in [0.4, 0.5) is 18.9 Å². The molecule has 0 bridgehead atoms. The summed E-state index contributed by atoms with van der Waals surface area (Å²) in [4.78, 5) is 13.1. The van der Waals surface area contributed by atoms with Crippen LogP contribution in [0, 0.1) is 5.92 Å². The second-order valence-electron chi connectivity index (χ2n) is 10.4. The van der Waals surface area contributed by atoms with E-state index < -0.39 is 45.1 Å². The molecule has 1 amide bonds. The number of nitrogens with one attached hydrogen (secondary N) is 2. The molecule has 0 aliphatic carbocycles. The Kier molecular flexibility index (Phi) is 11.7. The fourth-order valence-electron chi connectivity index (χ4n) is 4.86. The van der Waals surface area contributed by atoms with Crippen molar-refractivity contribution in [1.29, 1.82) is 0 Å². The van der Waals surface area contributed by atoms with E-state index in [2.05, 4.69) is 10.0 Å². The molecular formula is C33H34F3N3O4S2. The van der Waals surface area contributed by atoms with Gasteiger partial charge in [0.05, 0.1) is 23.6 Å². The summed E-state index contributed by atoms with van der Waals surface area (Å²) in [5, 5.41) is 13.7. The third kappa shape index (κ3) is 9.82. The van der Waals surface area contributed by atoms with Gasteiger partial charge < -0.3 is 10.4 Å². The lowest BCUT2D eigenvalue weighted by Gasteiger charge is -2.38. The quantitative estimate of drug-likeness (QED) is 0.116. The van der Waals surface area contributed by atoms with Crippen molar-refractivity contribution in [2.75, 3.05) is 17.1 Å². The van der Waals surface area contributed by atoms with Crippen LogP contribution in [-0.4, -0.2) is 43.7 Å². The number of rotatable bonds is 14. The molecule has 12 heteroatoms. The van der Waals surface area contributed by atoms with Gasteiger partial charge in [0.2, 0.25) is 10.0 Å². The summed E-state index contributed by atoms with van der Waals surface area (Å²) in [6, 6.07) is 30.9. The third-order valence-electron chi connectivity index (χ3n) is 7.02. The summed E-state index contributed by atoms with van der Waals surface area (Å²) >= 11 is 0.879. The first kappa shape index (κ1) is 34.0. The van der Waals surface area contributed by atoms with Crippen LogP contribution in [-0.2, 0) is 29.2 Å². The second-order valence-corrected chi connectivity index (χ2v) is 13.2. The summed E-state index contributed by atoms with van der Waals surface area (Å²) in [7, 11) is -3.96. The van der Waals surface area contributed by atoms with Crippen LogP contribution in [0.1, 0.15) is 27.0 Å². The Morgan fingerprint density at radius 3 is 2.04 bits per heavy atom. The maximum atomic E-state index is 13.4. The van der Waals surface area contributed by atoms with Crippen LogP contribution in [0.15, 0.2) is 115 Å². The minimum absolute atomic E-state index is 0.0378. The minimum Gasteiger partial charge on any atom is -0.391 e. The number of para-hydroxylation sites is 1. The zero-order chi connectivity index (χ0) is 32.5. The van der Waals surface area contributed by atoms with E-state index in [1.807, 2.05) is 30.3 Å². The van der Waals surface area contributed by atoms with Crippen LogP contribution in [0.5, 0.6) is 0 Å². The van der Waals surface area contributed by atoms with Crippen molar-refractivity contribution in [2.24, 2.45) is 5.92 Å². The Bertz CT molecular complexity index is 1630. The lowest BCUT2D eigenvalue weighted by Crippen LogP contribution is -2.50. The predicted octanol–water partition coefficient (Wildman–Crippen LogP) is 5.89. The lowest BCUT2D eigenvalue weighted by atomic mass is 9.93. The smallest absolute Gasteiger partial charge is 0.391 e. The Hall–Kier alpha value is -3.84. The summed E-state index contributed by atoms with van der Waals surface area (Å²) < 4.78 is 70.4. The lowest BCUT2D eigenvalue weighted by molar-refractivity contribution is -0.137. The minimum atomic E-state index is -4.49. The van der Waals surface area contributed by atoms with Gasteiger partial charge in [0.25, 0.3) is 5.91 Å². The van der Waals surface area contributed by atoms with Crippen molar-refractivity contribution >= 4 is 33.6 Å². The third-order valence-corrected chi connectivity index (χ3v) is 9.41. The van der Waals surface area contributed by atoms with E-state index in [1.54, 1.807) is 66.7 Å². The molecule has 0 aromatic heterocycles. The van der Waals surface area contributed by atoms with E-state index in [9.17, 15) is 31.5 Å². The van der Waals surface area contributed by atoms with Crippen molar-refractivity contribution in [3.8, 4) is 0 Å². The molecule has 4 aromatic carbocycles. The highest BCUT2D eigenvalue weighted by atomic mass is 32.2. The van der Waals surface area contributed by atoms with Gasteiger partial charge in [-0.3, -0.25) is 13.8 Å². The first-order chi connectivity index (χ1) is 21.4. The fourth-order valence-corrected chi connectivity index (χ4v) is 7.51. The first-order valence-corrected chi connectivity index (χ1v) is 16.8. The predicted molar refractivity (Wildman–Crippen MR) is 172 cm³/mol. The average molecular weight is 658 g/mol.